The average molecular weight is 273 g/mol. The summed E-state index contributed by atoms with van der Waals surface area (Å²) in [7, 11) is 1.56. The van der Waals surface area contributed by atoms with E-state index in [2.05, 4.69) is 0 Å². The van der Waals surface area contributed by atoms with Crippen LogP contribution in [-0.2, 0) is 6.54 Å². The minimum atomic E-state index is -1.22. The van der Waals surface area contributed by atoms with Crippen LogP contribution < -0.4 is 10.3 Å². The van der Waals surface area contributed by atoms with Gasteiger partial charge < -0.3 is 14.4 Å². The van der Waals surface area contributed by atoms with Gasteiger partial charge in [-0.1, -0.05) is 18.2 Å². The Morgan fingerprint density at radius 3 is 2.60 bits per heavy atom. The lowest BCUT2D eigenvalue weighted by molar-refractivity contribution is 0.0694. The molecule has 0 fully saturated rings. The van der Waals surface area contributed by atoms with E-state index in [0.29, 0.717) is 11.4 Å². The molecular formula is C15H15NO4. The van der Waals surface area contributed by atoms with Crippen LogP contribution in [0.4, 0.5) is 0 Å². The van der Waals surface area contributed by atoms with Crippen LogP contribution in [-0.4, -0.2) is 22.8 Å². The second-order valence-electron chi connectivity index (χ2n) is 4.40. The van der Waals surface area contributed by atoms with Gasteiger partial charge in [0.2, 0.25) is 0 Å². The van der Waals surface area contributed by atoms with Crippen LogP contribution in [0.5, 0.6) is 5.75 Å². The Labute approximate surface area is 116 Å². The Balaban J connectivity index is 2.51. The fourth-order valence-electron chi connectivity index (χ4n) is 2.03. The minimum Gasteiger partial charge on any atom is -0.496 e. The second-order valence-corrected chi connectivity index (χ2v) is 4.40. The van der Waals surface area contributed by atoms with Crippen LogP contribution in [0.25, 0.3) is 0 Å². The molecule has 2 rings (SSSR count). The molecule has 0 aliphatic rings. The molecule has 1 aromatic carbocycles. The molecule has 0 aliphatic carbocycles. The van der Waals surface area contributed by atoms with Crippen molar-refractivity contribution < 1.29 is 14.6 Å². The monoisotopic (exact) mass is 273 g/mol. The molecule has 5 nitrogen and oxygen atoms in total. The maximum Gasteiger partial charge on any atom is 0.341 e. The van der Waals surface area contributed by atoms with E-state index in [1.807, 2.05) is 18.2 Å². The molecule has 0 saturated carbocycles. The molecule has 1 heterocycles. The largest absolute Gasteiger partial charge is 0.496 e. The predicted molar refractivity (Wildman–Crippen MR) is 74.5 cm³/mol. The topological polar surface area (TPSA) is 68.5 Å². The predicted octanol–water partition coefficient (Wildman–Crippen LogP) is 1.91. The highest BCUT2D eigenvalue weighted by Crippen LogP contribution is 2.18. The first-order valence-corrected chi connectivity index (χ1v) is 6.10. The summed E-state index contributed by atoms with van der Waals surface area (Å²) in [4.78, 5) is 23.2. The molecule has 0 atom stereocenters. The molecule has 0 saturated heterocycles. The molecule has 1 aromatic heterocycles. The third-order valence-electron chi connectivity index (χ3n) is 3.14. The van der Waals surface area contributed by atoms with Crippen LogP contribution in [0.1, 0.15) is 21.6 Å². The number of carbonyl (C=O) groups is 1. The van der Waals surface area contributed by atoms with E-state index in [9.17, 15) is 9.59 Å². The first kappa shape index (κ1) is 13.9. The number of para-hydroxylation sites is 1. The van der Waals surface area contributed by atoms with Crippen molar-refractivity contribution in [3.8, 4) is 5.75 Å². The van der Waals surface area contributed by atoms with Crippen molar-refractivity contribution in [3.63, 3.8) is 0 Å². The van der Waals surface area contributed by atoms with E-state index in [0.717, 1.165) is 5.56 Å². The summed E-state index contributed by atoms with van der Waals surface area (Å²) in [6, 6.07) is 10.3. The first-order valence-electron chi connectivity index (χ1n) is 6.10. The van der Waals surface area contributed by atoms with Crippen molar-refractivity contribution in [1.82, 2.24) is 4.57 Å². The van der Waals surface area contributed by atoms with Crippen molar-refractivity contribution in [1.29, 1.82) is 0 Å². The number of carboxylic acids is 1. The lowest BCUT2D eigenvalue weighted by Crippen LogP contribution is -2.28. The van der Waals surface area contributed by atoms with Gasteiger partial charge in [-0.25, -0.2) is 4.79 Å². The Morgan fingerprint density at radius 2 is 1.95 bits per heavy atom. The van der Waals surface area contributed by atoms with Crippen molar-refractivity contribution in [2.45, 2.75) is 13.5 Å². The summed E-state index contributed by atoms with van der Waals surface area (Å²) in [5.41, 5.74) is 0.780. The fourth-order valence-corrected chi connectivity index (χ4v) is 2.03. The highest BCUT2D eigenvalue weighted by Gasteiger charge is 2.13. The quantitative estimate of drug-likeness (QED) is 0.924. The summed E-state index contributed by atoms with van der Waals surface area (Å²) in [5, 5.41) is 9.01. The van der Waals surface area contributed by atoms with Gasteiger partial charge in [-0.15, -0.1) is 0 Å². The normalized spacial score (nSPS) is 10.3. The lowest BCUT2D eigenvalue weighted by Gasteiger charge is -2.13. The zero-order valence-corrected chi connectivity index (χ0v) is 11.3. The minimum absolute atomic E-state index is 0.231. The Hall–Kier alpha value is -2.56. The molecule has 104 valence electrons. The number of aromatic nitrogens is 1. The Bertz CT molecular complexity index is 703. The fraction of sp³-hybridized carbons (Fsp3) is 0.200. The Kier molecular flexibility index (Phi) is 3.89. The van der Waals surface area contributed by atoms with Crippen LogP contribution in [0, 0.1) is 6.92 Å². The summed E-state index contributed by atoms with van der Waals surface area (Å²) in [6.07, 6.45) is 0. The molecule has 0 unspecified atom stereocenters. The number of ether oxygens (including phenoxy) is 1. The average Bonchev–Trinajstić information content (AvgIpc) is 2.43. The van der Waals surface area contributed by atoms with Crippen molar-refractivity contribution in [3.05, 3.63) is 63.6 Å². The number of aromatic carboxylic acids is 1. The van der Waals surface area contributed by atoms with Crippen LogP contribution in [0.2, 0.25) is 0 Å². The summed E-state index contributed by atoms with van der Waals surface area (Å²) in [5.74, 6) is -0.552. The second kappa shape index (κ2) is 5.61. The molecule has 1 N–H and O–H groups in total. The number of aryl methyl sites for hydroxylation is 1. The first-order chi connectivity index (χ1) is 9.54. The van der Waals surface area contributed by atoms with Crippen LogP contribution >= 0.6 is 0 Å². The summed E-state index contributed by atoms with van der Waals surface area (Å²) < 4.78 is 6.68. The number of hydrogen-bond donors (Lipinski definition) is 1. The van der Waals surface area contributed by atoms with Gasteiger partial charge in [-0.2, -0.15) is 0 Å². The molecule has 0 spiro atoms. The summed E-state index contributed by atoms with van der Waals surface area (Å²) in [6.45, 7) is 2.04. The van der Waals surface area contributed by atoms with Crippen LogP contribution in [0.15, 0.2) is 41.2 Å². The Morgan fingerprint density at radius 1 is 1.25 bits per heavy atom. The van der Waals surface area contributed by atoms with E-state index >= 15 is 0 Å². The third kappa shape index (κ3) is 2.56. The summed E-state index contributed by atoms with van der Waals surface area (Å²) >= 11 is 0. The molecule has 2 aromatic rings. The SMILES string of the molecule is COc1ccccc1Cn1c(C)ccc(C(=O)O)c1=O. The van der Waals surface area contributed by atoms with Crippen molar-refractivity contribution >= 4 is 5.97 Å². The maximum atomic E-state index is 12.2. The van der Waals surface area contributed by atoms with E-state index in [1.54, 1.807) is 26.2 Å². The molecule has 0 amide bonds. The van der Waals surface area contributed by atoms with Crippen LogP contribution in [0.3, 0.4) is 0 Å². The zero-order chi connectivity index (χ0) is 14.7. The van der Waals surface area contributed by atoms with Crippen molar-refractivity contribution in [2.75, 3.05) is 7.11 Å². The molecule has 0 radical (unpaired) electrons. The number of carboxylic acid groups (broad SMARTS) is 1. The van der Waals surface area contributed by atoms with E-state index < -0.39 is 11.5 Å². The molecule has 0 aliphatic heterocycles. The van der Waals surface area contributed by atoms with Crippen molar-refractivity contribution in [2.24, 2.45) is 0 Å². The van der Waals surface area contributed by atoms with Gasteiger partial charge in [0.25, 0.3) is 5.56 Å². The number of hydrogen-bond acceptors (Lipinski definition) is 3. The van der Waals surface area contributed by atoms with Gasteiger partial charge >= 0.3 is 5.97 Å². The smallest absolute Gasteiger partial charge is 0.341 e. The van der Waals surface area contributed by atoms with Gasteiger partial charge in [-0.3, -0.25) is 4.79 Å². The molecular weight excluding hydrogens is 258 g/mol. The number of rotatable bonds is 4. The van der Waals surface area contributed by atoms with Gasteiger partial charge in [0.05, 0.1) is 13.7 Å². The third-order valence-corrected chi connectivity index (χ3v) is 3.14. The highest BCUT2D eigenvalue weighted by molar-refractivity contribution is 5.87. The molecule has 0 bridgehead atoms. The van der Waals surface area contributed by atoms with E-state index in [1.165, 1.54) is 10.6 Å². The van der Waals surface area contributed by atoms with Gasteiger partial charge in [0.15, 0.2) is 0 Å². The molecule has 5 heteroatoms. The van der Waals surface area contributed by atoms with E-state index in [4.69, 9.17) is 9.84 Å². The maximum absolute atomic E-state index is 12.2. The lowest BCUT2D eigenvalue weighted by atomic mass is 10.1. The zero-order valence-electron chi connectivity index (χ0n) is 11.3. The van der Waals surface area contributed by atoms with Gasteiger partial charge in [0, 0.05) is 11.3 Å². The number of pyridine rings is 1. The highest BCUT2D eigenvalue weighted by atomic mass is 16.5. The van der Waals surface area contributed by atoms with E-state index in [-0.39, 0.29) is 12.1 Å². The van der Waals surface area contributed by atoms with Gasteiger partial charge in [0.1, 0.15) is 11.3 Å². The number of benzene rings is 1. The molecule has 20 heavy (non-hydrogen) atoms. The van der Waals surface area contributed by atoms with Gasteiger partial charge in [-0.05, 0) is 25.1 Å². The standard InChI is InChI=1S/C15H15NO4/c1-10-7-8-12(15(18)19)14(17)16(10)9-11-5-3-4-6-13(11)20-2/h3-8H,9H2,1-2H3,(H,18,19). The number of methoxy groups -OCH3 is 1. The number of nitrogens with zero attached hydrogens (tertiary/aromatic N) is 1.